The fourth-order valence-corrected chi connectivity index (χ4v) is 1.97. The molecule has 0 aromatic heterocycles. The van der Waals surface area contributed by atoms with Crippen LogP contribution < -0.4 is 0 Å². The van der Waals surface area contributed by atoms with Gasteiger partial charge in [-0.1, -0.05) is 30.3 Å². The van der Waals surface area contributed by atoms with Gasteiger partial charge in [0.15, 0.2) is 0 Å². The lowest BCUT2D eigenvalue weighted by Gasteiger charge is -2.19. The number of benzene rings is 1. The Labute approximate surface area is 113 Å². The largest absolute Gasteiger partial charge is 0.460 e. The Morgan fingerprint density at radius 1 is 1.28 bits per heavy atom. The molecule has 2 nitrogen and oxygen atoms in total. The summed E-state index contributed by atoms with van der Waals surface area (Å²) < 4.78 is 5.23. The summed E-state index contributed by atoms with van der Waals surface area (Å²) in [5, 5.41) is 2.01. The number of carbonyl (C=O) groups is 1. The van der Waals surface area contributed by atoms with Gasteiger partial charge in [-0.05, 0) is 37.8 Å². The maximum atomic E-state index is 11.4. The highest BCUT2D eigenvalue weighted by Gasteiger charge is 2.15. The maximum absolute atomic E-state index is 11.4. The van der Waals surface area contributed by atoms with Crippen molar-refractivity contribution in [2.45, 2.75) is 32.8 Å². The molecule has 98 valence electrons. The van der Waals surface area contributed by atoms with Gasteiger partial charge in [0.25, 0.3) is 0 Å². The van der Waals surface area contributed by atoms with Crippen LogP contribution in [0.3, 0.4) is 0 Å². The summed E-state index contributed by atoms with van der Waals surface area (Å²) in [5.74, 6) is 0.612. The molecule has 1 rings (SSSR count). The van der Waals surface area contributed by atoms with E-state index in [1.807, 2.05) is 62.6 Å². The number of esters is 1. The molecule has 3 heteroatoms. The molecule has 0 N–H and O–H groups in total. The van der Waals surface area contributed by atoms with Gasteiger partial charge in [-0.3, -0.25) is 4.79 Å². The first-order valence-electron chi connectivity index (χ1n) is 6.02. The quantitative estimate of drug-likeness (QED) is 0.591. The molecule has 18 heavy (non-hydrogen) atoms. The molecular weight excluding hydrogens is 244 g/mol. The first-order valence-corrected chi connectivity index (χ1v) is 7.07. The van der Waals surface area contributed by atoms with Gasteiger partial charge < -0.3 is 4.74 Å². The average Bonchev–Trinajstić information content (AvgIpc) is 2.27. The van der Waals surface area contributed by atoms with Crippen molar-refractivity contribution in [3.8, 4) is 0 Å². The maximum Gasteiger partial charge on any atom is 0.307 e. The van der Waals surface area contributed by atoms with Gasteiger partial charge >= 0.3 is 5.97 Å². The smallest absolute Gasteiger partial charge is 0.307 e. The lowest BCUT2D eigenvalue weighted by Crippen LogP contribution is -2.23. The number of carbonyl (C=O) groups excluding carboxylic acids is 1. The van der Waals surface area contributed by atoms with Crippen molar-refractivity contribution in [2.24, 2.45) is 0 Å². The van der Waals surface area contributed by atoms with Crippen molar-refractivity contribution in [3.63, 3.8) is 0 Å². The van der Waals surface area contributed by atoms with Crippen LogP contribution >= 0.6 is 11.8 Å². The number of hydrogen-bond acceptors (Lipinski definition) is 3. The van der Waals surface area contributed by atoms with E-state index in [9.17, 15) is 4.79 Å². The third kappa shape index (κ3) is 7.17. The second-order valence-corrected chi connectivity index (χ2v) is 5.93. The first kappa shape index (κ1) is 14.8. The highest BCUT2D eigenvalue weighted by Crippen LogP contribution is 2.12. The van der Waals surface area contributed by atoms with Crippen LogP contribution in [0.2, 0.25) is 0 Å². The van der Waals surface area contributed by atoms with E-state index in [0.717, 1.165) is 5.75 Å². The fourth-order valence-electron chi connectivity index (χ4n) is 1.29. The van der Waals surface area contributed by atoms with E-state index in [1.165, 1.54) is 5.56 Å². The monoisotopic (exact) mass is 264 g/mol. The van der Waals surface area contributed by atoms with Gasteiger partial charge in [0, 0.05) is 5.75 Å². The molecule has 0 saturated carbocycles. The van der Waals surface area contributed by atoms with E-state index < -0.39 is 0 Å². The van der Waals surface area contributed by atoms with Crippen molar-refractivity contribution < 1.29 is 9.53 Å². The Kier molecular flexibility index (Phi) is 5.99. The number of thioether (sulfide) groups is 1. The Balaban J connectivity index is 2.19. The Hall–Kier alpha value is -1.22. The summed E-state index contributed by atoms with van der Waals surface area (Å²) in [5.41, 5.74) is 0.781. The van der Waals surface area contributed by atoms with Gasteiger partial charge in [-0.25, -0.2) is 0 Å². The van der Waals surface area contributed by atoms with E-state index >= 15 is 0 Å². The SMILES string of the molecule is CC(C)(C)OC(=O)CCS/C=C/c1ccccc1. The van der Waals surface area contributed by atoms with Crippen molar-refractivity contribution in [1.82, 2.24) is 0 Å². The summed E-state index contributed by atoms with van der Waals surface area (Å²) >= 11 is 1.62. The predicted octanol–water partition coefficient (Wildman–Crippen LogP) is 4.12. The van der Waals surface area contributed by atoms with E-state index in [-0.39, 0.29) is 11.6 Å². The first-order chi connectivity index (χ1) is 8.47. The third-order valence-corrected chi connectivity index (χ3v) is 2.77. The molecule has 0 unspecified atom stereocenters. The molecule has 0 aliphatic carbocycles. The molecule has 0 fully saturated rings. The van der Waals surface area contributed by atoms with Crippen molar-refractivity contribution in [2.75, 3.05) is 5.75 Å². The molecule has 0 amide bonds. The molecule has 0 bridgehead atoms. The molecule has 1 aromatic carbocycles. The minimum atomic E-state index is -0.387. The second-order valence-electron chi connectivity index (χ2n) is 4.92. The molecule has 0 radical (unpaired) electrons. The van der Waals surface area contributed by atoms with Crippen molar-refractivity contribution >= 4 is 23.8 Å². The van der Waals surface area contributed by atoms with Crippen LogP contribution in [-0.4, -0.2) is 17.3 Å². The van der Waals surface area contributed by atoms with Crippen molar-refractivity contribution in [1.29, 1.82) is 0 Å². The van der Waals surface area contributed by atoms with Crippen LogP contribution in [0.15, 0.2) is 35.7 Å². The molecular formula is C15H20O2S. The van der Waals surface area contributed by atoms with E-state index in [4.69, 9.17) is 4.74 Å². The Bertz CT molecular complexity index is 391. The predicted molar refractivity (Wildman–Crippen MR) is 78.4 cm³/mol. The van der Waals surface area contributed by atoms with Gasteiger partial charge in [0.1, 0.15) is 5.60 Å². The van der Waals surface area contributed by atoms with Gasteiger partial charge in [-0.2, -0.15) is 0 Å². The van der Waals surface area contributed by atoms with E-state index in [1.54, 1.807) is 11.8 Å². The summed E-state index contributed by atoms with van der Waals surface area (Å²) in [6, 6.07) is 10.1. The second kappa shape index (κ2) is 7.27. The van der Waals surface area contributed by atoms with Gasteiger partial charge in [0.2, 0.25) is 0 Å². The molecule has 0 atom stereocenters. The number of hydrogen-bond donors (Lipinski definition) is 0. The minimum absolute atomic E-state index is 0.136. The Morgan fingerprint density at radius 3 is 2.56 bits per heavy atom. The minimum Gasteiger partial charge on any atom is -0.460 e. The molecule has 0 heterocycles. The van der Waals surface area contributed by atoms with E-state index in [0.29, 0.717) is 6.42 Å². The average molecular weight is 264 g/mol. The molecule has 0 aliphatic rings. The summed E-state index contributed by atoms with van der Waals surface area (Å²) in [6.07, 6.45) is 2.49. The lowest BCUT2D eigenvalue weighted by atomic mass is 10.2. The van der Waals surface area contributed by atoms with Crippen LogP contribution in [0.5, 0.6) is 0 Å². The normalized spacial score (nSPS) is 11.7. The molecule has 1 aromatic rings. The van der Waals surface area contributed by atoms with Crippen LogP contribution in [0.4, 0.5) is 0 Å². The zero-order valence-corrected chi connectivity index (χ0v) is 12.0. The summed E-state index contributed by atoms with van der Waals surface area (Å²) in [7, 11) is 0. The molecule has 0 aliphatic heterocycles. The molecule has 0 saturated heterocycles. The van der Waals surface area contributed by atoms with Gasteiger partial charge in [-0.15, -0.1) is 11.8 Å². The number of rotatable bonds is 5. The summed E-state index contributed by atoms with van der Waals surface area (Å²) in [6.45, 7) is 5.65. The van der Waals surface area contributed by atoms with Crippen LogP contribution in [0.25, 0.3) is 6.08 Å². The Morgan fingerprint density at radius 2 is 1.94 bits per heavy atom. The highest BCUT2D eigenvalue weighted by atomic mass is 32.2. The summed E-state index contributed by atoms with van der Waals surface area (Å²) in [4.78, 5) is 11.4. The topological polar surface area (TPSA) is 26.3 Å². The van der Waals surface area contributed by atoms with Crippen LogP contribution in [-0.2, 0) is 9.53 Å². The van der Waals surface area contributed by atoms with Crippen LogP contribution in [0, 0.1) is 0 Å². The van der Waals surface area contributed by atoms with E-state index in [2.05, 4.69) is 0 Å². The van der Waals surface area contributed by atoms with Gasteiger partial charge in [0.05, 0.1) is 6.42 Å². The third-order valence-electron chi connectivity index (χ3n) is 2.00. The zero-order valence-electron chi connectivity index (χ0n) is 11.2. The molecule has 0 spiro atoms. The zero-order chi connectivity index (χ0) is 13.4. The van der Waals surface area contributed by atoms with Crippen molar-refractivity contribution in [3.05, 3.63) is 41.3 Å². The highest BCUT2D eigenvalue weighted by molar-refractivity contribution is 8.02. The fraction of sp³-hybridized carbons (Fsp3) is 0.400. The van der Waals surface area contributed by atoms with Crippen LogP contribution in [0.1, 0.15) is 32.8 Å². The number of ether oxygens (including phenoxy) is 1. The lowest BCUT2D eigenvalue weighted by molar-refractivity contribution is -0.154. The standard InChI is InChI=1S/C15H20O2S/c1-15(2,3)17-14(16)10-12-18-11-9-13-7-5-4-6-8-13/h4-9,11H,10,12H2,1-3H3/b11-9+.